The summed E-state index contributed by atoms with van der Waals surface area (Å²) in [6.45, 7) is 3.36. The van der Waals surface area contributed by atoms with Crippen molar-refractivity contribution in [2.45, 2.75) is 0 Å². The molecular formula is C25H23N5O. The third-order valence-electron chi connectivity index (χ3n) is 5.56. The summed E-state index contributed by atoms with van der Waals surface area (Å²) >= 11 is 0. The summed E-state index contributed by atoms with van der Waals surface area (Å²) in [6.07, 6.45) is 1.82. The zero-order chi connectivity index (χ0) is 21.0. The van der Waals surface area contributed by atoms with Crippen LogP contribution in [0.15, 0.2) is 85.1 Å². The van der Waals surface area contributed by atoms with Gasteiger partial charge < -0.3 is 15.1 Å². The fourth-order valence-electron chi connectivity index (χ4n) is 3.94. The first-order valence-electron chi connectivity index (χ1n) is 10.4. The highest BCUT2D eigenvalue weighted by Crippen LogP contribution is 2.25. The maximum absolute atomic E-state index is 13.1. The molecule has 1 aliphatic heterocycles. The molecule has 6 nitrogen and oxygen atoms in total. The third-order valence-corrected chi connectivity index (χ3v) is 5.56. The number of anilines is 3. The number of hydrogen-bond donors (Lipinski definition) is 1. The third kappa shape index (κ3) is 4.05. The fraction of sp³-hybridized carbons (Fsp3) is 0.160. The number of piperazine rings is 1. The van der Waals surface area contributed by atoms with Crippen molar-refractivity contribution in [1.82, 2.24) is 9.97 Å². The Morgan fingerprint density at radius 1 is 0.774 bits per heavy atom. The van der Waals surface area contributed by atoms with Gasteiger partial charge in [-0.1, -0.05) is 42.5 Å². The summed E-state index contributed by atoms with van der Waals surface area (Å²) in [5.41, 5.74) is 2.24. The second-order valence-electron chi connectivity index (χ2n) is 7.53. The van der Waals surface area contributed by atoms with Crippen LogP contribution in [0.4, 0.5) is 17.3 Å². The Bertz CT molecular complexity index is 1190. The van der Waals surface area contributed by atoms with Crippen molar-refractivity contribution in [2.24, 2.45) is 0 Å². The second-order valence-corrected chi connectivity index (χ2v) is 7.53. The van der Waals surface area contributed by atoms with Crippen molar-refractivity contribution in [3.8, 4) is 0 Å². The summed E-state index contributed by atoms with van der Waals surface area (Å²) < 4.78 is 0. The molecule has 1 N–H and O–H groups in total. The second kappa shape index (κ2) is 8.44. The molecule has 154 valence electrons. The summed E-state index contributed by atoms with van der Waals surface area (Å²) in [6, 6.07) is 25.2. The minimum Gasteiger partial charge on any atom is -0.353 e. The quantitative estimate of drug-likeness (QED) is 0.547. The topological polar surface area (TPSA) is 61.4 Å². The Balaban J connectivity index is 1.41. The predicted octanol–water partition coefficient (Wildman–Crippen LogP) is 4.21. The van der Waals surface area contributed by atoms with E-state index in [0.29, 0.717) is 5.56 Å². The van der Waals surface area contributed by atoms with Crippen molar-refractivity contribution < 1.29 is 4.79 Å². The zero-order valence-electron chi connectivity index (χ0n) is 17.1. The van der Waals surface area contributed by atoms with Gasteiger partial charge in [-0.05, 0) is 36.4 Å². The van der Waals surface area contributed by atoms with Crippen LogP contribution in [0.25, 0.3) is 10.9 Å². The number of benzene rings is 2. The molecule has 0 radical (unpaired) electrons. The molecule has 3 heterocycles. The lowest BCUT2D eigenvalue weighted by Crippen LogP contribution is -2.47. The summed E-state index contributed by atoms with van der Waals surface area (Å²) in [7, 11) is 0. The van der Waals surface area contributed by atoms with E-state index >= 15 is 0 Å². The number of fused-ring (bicyclic) bond motifs is 1. The van der Waals surface area contributed by atoms with Crippen molar-refractivity contribution in [3.63, 3.8) is 0 Å². The highest BCUT2D eigenvalue weighted by atomic mass is 16.1. The number of nitrogens with one attached hydrogen (secondary N) is 1. The fourth-order valence-corrected chi connectivity index (χ4v) is 3.94. The number of pyridine rings is 2. The molecule has 0 saturated carbocycles. The number of rotatable bonds is 4. The molecule has 31 heavy (non-hydrogen) atoms. The van der Waals surface area contributed by atoms with E-state index in [2.05, 4.69) is 20.1 Å². The predicted molar refractivity (Wildman–Crippen MR) is 125 cm³/mol. The first-order chi connectivity index (χ1) is 15.3. The zero-order valence-corrected chi connectivity index (χ0v) is 17.1. The van der Waals surface area contributed by atoms with E-state index in [9.17, 15) is 4.79 Å². The average molecular weight is 409 g/mol. The first-order valence-corrected chi connectivity index (χ1v) is 10.4. The molecule has 1 amide bonds. The number of amides is 1. The van der Waals surface area contributed by atoms with Crippen LogP contribution < -0.4 is 15.1 Å². The minimum absolute atomic E-state index is 0.127. The molecule has 4 aromatic rings. The summed E-state index contributed by atoms with van der Waals surface area (Å²) in [5.74, 6) is 1.70. The molecule has 1 fully saturated rings. The highest BCUT2D eigenvalue weighted by molar-refractivity contribution is 6.13. The minimum atomic E-state index is -0.127. The Labute approximate surface area is 181 Å². The van der Waals surface area contributed by atoms with Crippen molar-refractivity contribution in [2.75, 3.05) is 41.3 Å². The Kier molecular flexibility index (Phi) is 5.19. The van der Waals surface area contributed by atoms with Crippen molar-refractivity contribution in [1.29, 1.82) is 0 Å². The van der Waals surface area contributed by atoms with E-state index in [4.69, 9.17) is 4.98 Å². The van der Waals surface area contributed by atoms with Gasteiger partial charge in [0.15, 0.2) is 0 Å². The molecule has 0 atom stereocenters. The van der Waals surface area contributed by atoms with E-state index in [1.54, 1.807) is 0 Å². The number of carbonyl (C=O) groups excluding carboxylic acids is 1. The summed E-state index contributed by atoms with van der Waals surface area (Å²) in [4.78, 5) is 27.0. The molecule has 1 aliphatic rings. The van der Waals surface area contributed by atoms with Gasteiger partial charge in [0.2, 0.25) is 0 Å². The van der Waals surface area contributed by atoms with E-state index in [0.717, 1.165) is 54.4 Å². The number of hydrogen-bond acceptors (Lipinski definition) is 5. The van der Waals surface area contributed by atoms with Crippen molar-refractivity contribution >= 4 is 34.1 Å². The van der Waals surface area contributed by atoms with Crippen LogP contribution >= 0.6 is 0 Å². The van der Waals surface area contributed by atoms with Crippen LogP contribution in [-0.2, 0) is 0 Å². The number of carbonyl (C=O) groups is 1. The molecule has 2 aromatic carbocycles. The average Bonchev–Trinajstić information content (AvgIpc) is 2.84. The van der Waals surface area contributed by atoms with Gasteiger partial charge in [-0.15, -0.1) is 0 Å². The lowest BCUT2D eigenvalue weighted by atomic mass is 10.1. The van der Waals surface area contributed by atoms with E-state index in [1.807, 2.05) is 85.1 Å². The monoisotopic (exact) mass is 409 g/mol. The molecular weight excluding hydrogens is 386 g/mol. The summed E-state index contributed by atoms with van der Waals surface area (Å²) in [5, 5.41) is 3.86. The van der Waals surface area contributed by atoms with Gasteiger partial charge in [0, 0.05) is 43.4 Å². The van der Waals surface area contributed by atoms with Crippen LogP contribution in [0.1, 0.15) is 10.4 Å². The highest BCUT2D eigenvalue weighted by Gasteiger charge is 2.21. The molecule has 0 bridgehead atoms. The maximum Gasteiger partial charge on any atom is 0.256 e. The van der Waals surface area contributed by atoms with Crippen LogP contribution in [0.5, 0.6) is 0 Å². The number of aromatic nitrogens is 2. The van der Waals surface area contributed by atoms with Crippen LogP contribution in [-0.4, -0.2) is 42.1 Å². The van der Waals surface area contributed by atoms with Crippen molar-refractivity contribution in [3.05, 3.63) is 90.6 Å². The van der Waals surface area contributed by atoms with Crippen LogP contribution in [0.2, 0.25) is 0 Å². The molecule has 1 saturated heterocycles. The molecule has 6 heteroatoms. The SMILES string of the molecule is O=C(Nc1ccccc1)c1cc(N2CCN(c3ccccn3)CC2)nc2ccccc12. The number of para-hydroxylation sites is 2. The normalized spacial score (nSPS) is 13.9. The van der Waals surface area contributed by atoms with Crippen LogP contribution in [0.3, 0.4) is 0 Å². The lowest BCUT2D eigenvalue weighted by molar-refractivity contribution is 0.102. The molecule has 2 aromatic heterocycles. The van der Waals surface area contributed by atoms with Crippen LogP contribution in [0, 0.1) is 0 Å². The molecule has 5 rings (SSSR count). The lowest BCUT2D eigenvalue weighted by Gasteiger charge is -2.36. The van der Waals surface area contributed by atoms with E-state index in [-0.39, 0.29) is 5.91 Å². The van der Waals surface area contributed by atoms with Gasteiger partial charge in [0.1, 0.15) is 11.6 Å². The van der Waals surface area contributed by atoms with Gasteiger partial charge in [0.05, 0.1) is 11.1 Å². The Morgan fingerprint density at radius 3 is 2.19 bits per heavy atom. The van der Waals surface area contributed by atoms with Gasteiger partial charge in [0.25, 0.3) is 5.91 Å². The Morgan fingerprint density at radius 2 is 1.45 bits per heavy atom. The van der Waals surface area contributed by atoms with Gasteiger partial charge >= 0.3 is 0 Å². The largest absolute Gasteiger partial charge is 0.353 e. The number of nitrogens with zero attached hydrogens (tertiary/aromatic N) is 4. The van der Waals surface area contributed by atoms with E-state index < -0.39 is 0 Å². The van der Waals surface area contributed by atoms with Gasteiger partial charge in [-0.2, -0.15) is 0 Å². The van der Waals surface area contributed by atoms with Gasteiger partial charge in [-0.3, -0.25) is 4.79 Å². The van der Waals surface area contributed by atoms with Gasteiger partial charge in [-0.25, -0.2) is 9.97 Å². The molecule has 0 unspecified atom stereocenters. The van der Waals surface area contributed by atoms with E-state index in [1.165, 1.54) is 0 Å². The molecule has 0 aliphatic carbocycles. The maximum atomic E-state index is 13.1. The smallest absolute Gasteiger partial charge is 0.256 e. The standard InChI is InChI=1S/C25H23N5O/c31-25(27-19-8-2-1-3-9-19)21-18-24(28-22-11-5-4-10-20(21)22)30-16-14-29(15-17-30)23-12-6-7-13-26-23/h1-13,18H,14-17H2,(H,27,31). The first kappa shape index (κ1) is 19.1. The Hall–Kier alpha value is -3.93. The molecule has 0 spiro atoms.